The van der Waals surface area contributed by atoms with Crippen LogP contribution in [0.5, 0.6) is 5.75 Å². The van der Waals surface area contributed by atoms with Crippen LogP contribution in [0, 0.1) is 0 Å². The van der Waals surface area contributed by atoms with Crippen molar-refractivity contribution in [3.8, 4) is 17.2 Å². The van der Waals surface area contributed by atoms with E-state index in [0.717, 1.165) is 18.2 Å². The summed E-state index contributed by atoms with van der Waals surface area (Å²) in [5, 5.41) is 15.2. The number of carboxylic acids is 1. The van der Waals surface area contributed by atoms with Gasteiger partial charge >= 0.3 is 18.0 Å². The summed E-state index contributed by atoms with van der Waals surface area (Å²) in [7, 11) is 1.25. The lowest BCUT2D eigenvalue weighted by Gasteiger charge is -2.10. The fraction of sp³-hybridized carbons (Fsp3) is 0.182. The van der Waals surface area contributed by atoms with Crippen molar-refractivity contribution in [2.45, 2.75) is 6.18 Å². The zero-order chi connectivity index (χ0) is 14.9. The topological polar surface area (TPSA) is 85.5 Å². The Labute approximate surface area is 109 Å². The number of aromatic nitrogens is 2. The highest BCUT2D eigenvalue weighted by molar-refractivity contribution is 5.82. The highest BCUT2D eigenvalue weighted by Crippen LogP contribution is 2.36. The average molecular weight is 288 g/mol. The molecule has 0 radical (unpaired) electrons. The van der Waals surface area contributed by atoms with Crippen LogP contribution in [0.3, 0.4) is 0 Å². The molecule has 0 amide bonds. The Hall–Kier alpha value is -2.58. The number of alkyl halides is 3. The lowest BCUT2D eigenvalue weighted by Crippen LogP contribution is -2.05. The maximum atomic E-state index is 12.7. The third kappa shape index (κ3) is 2.56. The number of benzene rings is 1. The van der Waals surface area contributed by atoms with E-state index in [0.29, 0.717) is 0 Å². The summed E-state index contributed by atoms with van der Waals surface area (Å²) in [5.74, 6) is -2.52. The summed E-state index contributed by atoms with van der Waals surface area (Å²) in [4.78, 5) is 10.6. The molecule has 0 aliphatic heterocycles. The summed E-state index contributed by atoms with van der Waals surface area (Å²) >= 11 is 0. The number of ether oxygens (including phenoxy) is 1. The molecule has 0 aliphatic carbocycles. The van der Waals surface area contributed by atoms with Crippen LogP contribution < -0.4 is 4.74 Å². The Morgan fingerprint density at radius 3 is 2.55 bits per heavy atom. The number of nitrogens with zero attached hydrogens (tertiary/aromatic N) is 2. The van der Waals surface area contributed by atoms with Crippen molar-refractivity contribution < 1.29 is 32.2 Å². The van der Waals surface area contributed by atoms with Crippen molar-refractivity contribution in [3.05, 3.63) is 29.7 Å². The molecule has 0 saturated carbocycles. The lowest BCUT2D eigenvalue weighted by atomic mass is 10.1. The fourth-order valence-electron chi connectivity index (χ4n) is 1.47. The van der Waals surface area contributed by atoms with Gasteiger partial charge in [-0.3, -0.25) is 0 Å². The van der Waals surface area contributed by atoms with Crippen LogP contribution in [0.15, 0.2) is 22.6 Å². The second-order valence-corrected chi connectivity index (χ2v) is 3.63. The minimum atomic E-state index is -4.56. The largest absolute Gasteiger partial charge is 0.496 e. The van der Waals surface area contributed by atoms with E-state index in [1.165, 1.54) is 7.11 Å². The van der Waals surface area contributed by atoms with E-state index in [9.17, 15) is 18.0 Å². The van der Waals surface area contributed by atoms with Gasteiger partial charge in [0, 0.05) is 0 Å². The molecule has 106 valence electrons. The molecule has 20 heavy (non-hydrogen) atoms. The Balaban J connectivity index is 2.55. The number of methoxy groups -OCH3 is 1. The van der Waals surface area contributed by atoms with Gasteiger partial charge < -0.3 is 14.3 Å². The monoisotopic (exact) mass is 288 g/mol. The minimum Gasteiger partial charge on any atom is -0.496 e. The SMILES string of the molecule is COc1ccc(C(F)(F)F)cc1-c1nnc(C(=O)O)o1. The standard InChI is InChI=1S/C11H7F3N2O4/c1-19-7-3-2-5(11(12,13)14)4-6(7)8-15-16-9(20-8)10(17)18/h2-4H,1H3,(H,17,18). The molecular formula is C11H7F3N2O4. The summed E-state index contributed by atoms with van der Waals surface area (Å²) in [6, 6.07) is 2.66. The van der Waals surface area contributed by atoms with Crippen LogP contribution in [0.2, 0.25) is 0 Å². The Morgan fingerprint density at radius 1 is 1.35 bits per heavy atom. The predicted molar refractivity (Wildman–Crippen MR) is 58.2 cm³/mol. The summed E-state index contributed by atoms with van der Waals surface area (Å²) in [6.45, 7) is 0. The van der Waals surface area contributed by atoms with Gasteiger partial charge in [-0.1, -0.05) is 0 Å². The molecule has 6 nitrogen and oxygen atoms in total. The first kappa shape index (κ1) is 13.8. The van der Waals surface area contributed by atoms with Crippen LogP contribution in [0.1, 0.15) is 16.2 Å². The van der Waals surface area contributed by atoms with E-state index >= 15 is 0 Å². The second-order valence-electron chi connectivity index (χ2n) is 3.63. The zero-order valence-electron chi connectivity index (χ0n) is 9.93. The molecular weight excluding hydrogens is 281 g/mol. The van der Waals surface area contributed by atoms with Crippen LogP contribution in [0.4, 0.5) is 13.2 Å². The van der Waals surface area contributed by atoms with Crippen molar-refractivity contribution in [1.82, 2.24) is 10.2 Å². The number of rotatable bonds is 3. The third-order valence-electron chi connectivity index (χ3n) is 2.37. The smallest absolute Gasteiger partial charge is 0.416 e. The van der Waals surface area contributed by atoms with Crippen LogP contribution in [0.25, 0.3) is 11.5 Å². The Morgan fingerprint density at radius 2 is 2.05 bits per heavy atom. The molecule has 0 atom stereocenters. The zero-order valence-corrected chi connectivity index (χ0v) is 9.93. The summed E-state index contributed by atoms with van der Waals surface area (Å²) in [6.07, 6.45) is -4.56. The Bertz CT molecular complexity index is 651. The predicted octanol–water partition coefficient (Wildman–Crippen LogP) is 2.46. The fourth-order valence-corrected chi connectivity index (χ4v) is 1.47. The molecule has 0 bridgehead atoms. The van der Waals surface area contributed by atoms with E-state index in [1.54, 1.807) is 0 Å². The third-order valence-corrected chi connectivity index (χ3v) is 2.37. The molecule has 1 aromatic heterocycles. The molecule has 1 N–H and O–H groups in total. The highest BCUT2D eigenvalue weighted by atomic mass is 19.4. The van der Waals surface area contributed by atoms with Gasteiger partial charge in [-0.2, -0.15) is 13.2 Å². The molecule has 0 unspecified atom stereocenters. The van der Waals surface area contributed by atoms with Crippen LogP contribution in [-0.2, 0) is 6.18 Å². The molecule has 9 heteroatoms. The van der Waals surface area contributed by atoms with Gasteiger partial charge in [0.1, 0.15) is 5.75 Å². The number of hydrogen-bond donors (Lipinski definition) is 1. The summed E-state index contributed by atoms with van der Waals surface area (Å²) in [5.41, 5.74) is -1.08. The number of halogens is 3. The quantitative estimate of drug-likeness (QED) is 0.933. The van der Waals surface area contributed by atoms with Crippen molar-refractivity contribution in [1.29, 1.82) is 0 Å². The maximum absolute atomic E-state index is 12.7. The molecule has 0 saturated heterocycles. The number of hydrogen-bond acceptors (Lipinski definition) is 5. The molecule has 1 aromatic carbocycles. The van der Waals surface area contributed by atoms with Gasteiger partial charge in [0.05, 0.1) is 18.2 Å². The van der Waals surface area contributed by atoms with Gasteiger partial charge in [0.15, 0.2) is 0 Å². The molecule has 0 spiro atoms. The van der Waals surface area contributed by atoms with Gasteiger partial charge in [0.25, 0.3) is 5.89 Å². The highest BCUT2D eigenvalue weighted by Gasteiger charge is 2.32. The van der Waals surface area contributed by atoms with Gasteiger partial charge in [-0.25, -0.2) is 4.79 Å². The van der Waals surface area contributed by atoms with Crippen LogP contribution in [-0.4, -0.2) is 28.4 Å². The number of carbonyl (C=O) groups is 1. The van der Waals surface area contributed by atoms with E-state index < -0.39 is 23.6 Å². The summed E-state index contributed by atoms with van der Waals surface area (Å²) < 4.78 is 47.6. The van der Waals surface area contributed by atoms with Crippen molar-refractivity contribution in [3.63, 3.8) is 0 Å². The maximum Gasteiger partial charge on any atom is 0.416 e. The average Bonchev–Trinajstić information content (AvgIpc) is 2.86. The normalized spacial score (nSPS) is 11.4. The van der Waals surface area contributed by atoms with Crippen molar-refractivity contribution in [2.75, 3.05) is 7.11 Å². The second kappa shape index (κ2) is 4.83. The van der Waals surface area contributed by atoms with E-state index in [-0.39, 0.29) is 17.2 Å². The molecule has 2 rings (SSSR count). The van der Waals surface area contributed by atoms with E-state index in [4.69, 9.17) is 14.3 Å². The van der Waals surface area contributed by atoms with E-state index in [1.807, 2.05) is 0 Å². The number of carboxylic acid groups (broad SMARTS) is 1. The number of aromatic carboxylic acids is 1. The lowest BCUT2D eigenvalue weighted by molar-refractivity contribution is -0.137. The molecule has 0 fully saturated rings. The van der Waals surface area contributed by atoms with Gasteiger partial charge in [-0.15, -0.1) is 10.2 Å². The minimum absolute atomic E-state index is 0.0542. The van der Waals surface area contributed by atoms with Crippen LogP contribution >= 0.6 is 0 Å². The first-order valence-corrected chi connectivity index (χ1v) is 5.15. The molecule has 0 aliphatic rings. The Kier molecular flexibility index (Phi) is 3.35. The van der Waals surface area contributed by atoms with Gasteiger partial charge in [0.2, 0.25) is 0 Å². The van der Waals surface area contributed by atoms with Gasteiger partial charge in [-0.05, 0) is 18.2 Å². The van der Waals surface area contributed by atoms with Crippen molar-refractivity contribution in [2.24, 2.45) is 0 Å². The molecule has 2 aromatic rings. The van der Waals surface area contributed by atoms with E-state index in [2.05, 4.69) is 10.2 Å². The first-order valence-electron chi connectivity index (χ1n) is 5.15. The first-order chi connectivity index (χ1) is 9.32. The molecule has 1 heterocycles. The van der Waals surface area contributed by atoms with Crippen molar-refractivity contribution >= 4 is 5.97 Å².